The van der Waals surface area contributed by atoms with Crippen molar-refractivity contribution in [3.63, 3.8) is 0 Å². The van der Waals surface area contributed by atoms with Crippen LogP contribution in [0.1, 0.15) is 59.8 Å². The quantitative estimate of drug-likeness (QED) is 0.817. The Balaban J connectivity index is 2.01. The van der Waals surface area contributed by atoms with Gasteiger partial charge >= 0.3 is 0 Å². The summed E-state index contributed by atoms with van der Waals surface area (Å²) in [5.41, 5.74) is 6.91. The molecule has 1 aliphatic carbocycles. The van der Waals surface area contributed by atoms with Gasteiger partial charge in [-0.25, -0.2) is 0 Å². The Kier molecular flexibility index (Phi) is 4.38. The largest absolute Gasteiger partial charge is 0.326 e. The first-order valence-corrected chi connectivity index (χ1v) is 7.89. The van der Waals surface area contributed by atoms with Crippen molar-refractivity contribution in [2.24, 2.45) is 23.0 Å². The molecule has 0 bridgehead atoms. The third-order valence-electron chi connectivity index (χ3n) is 5.25. The molecule has 1 saturated carbocycles. The smallest absolute Gasteiger partial charge is 0.0250 e. The zero-order valence-corrected chi connectivity index (χ0v) is 12.8. The molecule has 2 rings (SSSR count). The summed E-state index contributed by atoms with van der Waals surface area (Å²) in [5, 5.41) is 0. The Morgan fingerprint density at radius 2 is 1.94 bits per heavy atom. The van der Waals surface area contributed by atoms with Gasteiger partial charge in [-0.1, -0.05) is 27.7 Å². The molecule has 0 spiro atoms. The van der Waals surface area contributed by atoms with E-state index in [2.05, 4.69) is 32.6 Å². The van der Waals surface area contributed by atoms with Crippen LogP contribution in [0.5, 0.6) is 0 Å². The topological polar surface area (TPSA) is 29.3 Å². The van der Waals surface area contributed by atoms with Gasteiger partial charge in [0.15, 0.2) is 0 Å². The molecule has 3 atom stereocenters. The Morgan fingerprint density at radius 3 is 2.56 bits per heavy atom. The first-order chi connectivity index (χ1) is 8.39. The third-order valence-corrected chi connectivity index (χ3v) is 5.25. The van der Waals surface area contributed by atoms with Crippen molar-refractivity contribution >= 4 is 0 Å². The highest BCUT2D eigenvalue weighted by Gasteiger charge is 2.37. The Hall–Kier alpha value is -0.0800. The molecular weight excluding hydrogens is 220 g/mol. The summed E-state index contributed by atoms with van der Waals surface area (Å²) in [4.78, 5) is 2.71. The van der Waals surface area contributed by atoms with E-state index in [9.17, 15) is 0 Å². The Bertz CT molecular complexity index is 272. The molecular formula is C16H32N2. The fraction of sp³-hybridized carbons (Fsp3) is 1.00. The Morgan fingerprint density at radius 1 is 1.22 bits per heavy atom. The maximum atomic E-state index is 6.42. The van der Waals surface area contributed by atoms with E-state index >= 15 is 0 Å². The van der Waals surface area contributed by atoms with E-state index in [1.54, 1.807) is 0 Å². The summed E-state index contributed by atoms with van der Waals surface area (Å²) < 4.78 is 0. The van der Waals surface area contributed by atoms with Crippen molar-refractivity contribution in [3.8, 4) is 0 Å². The normalized spacial score (nSPS) is 38.0. The molecule has 1 heterocycles. The number of nitrogens with two attached hydrogens (primary N) is 1. The zero-order valence-electron chi connectivity index (χ0n) is 12.8. The van der Waals surface area contributed by atoms with Crippen molar-refractivity contribution in [2.75, 3.05) is 13.1 Å². The van der Waals surface area contributed by atoms with Crippen LogP contribution in [0, 0.1) is 17.3 Å². The van der Waals surface area contributed by atoms with Gasteiger partial charge in [-0.3, -0.25) is 4.90 Å². The number of hydrogen-bond donors (Lipinski definition) is 1. The van der Waals surface area contributed by atoms with Crippen LogP contribution >= 0.6 is 0 Å². The van der Waals surface area contributed by atoms with Crippen LogP contribution in [0.15, 0.2) is 0 Å². The lowest BCUT2D eigenvalue weighted by Gasteiger charge is -2.47. The molecule has 0 aromatic heterocycles. The highest BCUT2D eigenvalue weighted by molar-refractivity contribution is 4.93. The maximum absolute atomic E-state index is 6.42. The van der Waals surface area contributed by atoms with Crippen LogP contribution in [0.3, 0.4) is 0 Å². The van der Waals surface area contributed by atoms with Gasteiger partial charge in [-0.2, -0.15) is 0 Å². The molecule has 2 heteroatoms. The second-order valence-electron chi connectivity index (χ2n) is 7.79. The molecule has 0 amide bonds. The first kappa shape index (κ1) is 14.3. The number of nitrogens with zero attached hydrogens (tertiary/aromatic N) is 1. The lowest BCUT2D eigenvalue weighted by Crippen LogP contribution is -2.55. The van der Waals surface area contributed by atoms with Gasteiger partial charge in [-0.15, -0.1) is 0 Å². The highest BCUT2D eigenvalue weighted by atomic mass is 15.2. The van der Waals surface area contributed by atoms with E-state index in [4.69, 9.17) is 5.73 Å². The number of hydrogen-bond acceptors (Lipinski definition) is 2. The van der Waals surface area contributed by atoms with Crippen LogP contribution in [0.25, 0.3) is 0 Å². The van der Waals surface area contributed by atoms with Crippen molar-refractivity contribution < 1.29 is 0 Å². The van der Waals surface area contributed by atoms with Gasteiger partial charge in [0.2, 0.25) is 0 Å². The van der Waals surface area contributed by atoms with Crippen LogP contribution in [-0.2, 0) is 0 Å². The third kappa shape index (κ3) is 3.27. The summed E-state index contributed by atoms with van der Waals surface area (Å²) in [6, 6.07) is 1.06. The van der Waals surface area contributed by atoms with E-state index in [-0.39, 0.29) is 0 Å². The highest BCUT2D eigenvalue weighted by Crippen LogP contribution is 2.36. The lowest BCUT2D eigenvalue weighted by atomic mass is 9.75. The van der Waals surface area contributed by atoms with Gasteiger partial charge in [0.05, 0.1) is 0 Å². The average molecular weight is 252 g/mol. The molecule has 2 fully saturated rings. The summed E-state index contributed by atoms with van der Waals surface area (Å²) in [6.07, 6.45) is 6.62. The van der Waals surface area contributed by atoms with Gasteiger partial charge < -0.3 is 5.73 Å². The first-order valence-electron chi connectivity index (χ1n) is 7.89. The van der Waals surface area contributed by atoms with Crippen LogP contribution in [0.4, 0.5) is 0 Å². The van der Waals surface area contributed by atoms with E-state index in [0.717, 1.165) is 11.8 Å². The summed E-state index contributed by atoms with van der Waals surface area (Å²) >= 11 is 0. The fourth-order valence-corrected chi connectivity index (χ4v) is 3.98. The van der Waals surface area contributed by atoms with E-state index < -0.39 is 0 Å². The van der Waals surface area contributed by atoms with Gasteiger partial charge in [-0.05, 0) is 55.9 Å². The molecule has 2 nitrogen and oxygen atoms in total. The second-order valence-corrected chi connectivity index (χ2v) is 7.79. The maximum Gasteiger partial charge on any atom is 0.0250 e. The molecule has 0 aromatic carbocycles. The van der Waals surface area contributed by atoms with Crippen molar-refractivity contribution in [1.29, 1.82) is 0 Å². The molecule has 2 N–H and O–H groups in total. The number of piperidine rings is 1. The molecule has 1 saturated heterocycles. The predicted molar refractivity (Wildman–Crippen MR) is 78.5 cm³/mol. The standard InChI is InChI=1S/C16H32N2/c1-12(2)13-6-7-14(17)15(10-13)18-9-5-8-16(3,4)11-18/h12-15H,5-11,17H2,1-4H3. The minimum atomic E-state index is 0.411. The van der Waals surface area contributed by atoms with Crippen LogP contribution in [0.2, 0.25) is 0 Å². The Labute approximate surface area is 113 Å². The monoisotopic (exact) mass is 252 g/mol. The summed E-state index contributed by atoms with van der Waals surface area (Å²) in [6.45, 7) is 12.1. The minimum Gasteiger partial charge on any atom is -0.326 e. The molecule has 2 aliphatic rings. The van der Waals surface area contributed by atoms with Gasteiger partial charge in [0.25, 0.3) is 0 Å². The SMILES string of the molecule is CC(C)C1CCC(N)C(N2CCCC(C)(C)C2)C1. The van der Waals surface area contributed by atoms with Gasteiger partial charge in [0, 0.05) is 18.6 Å². The molecule has 0 aromatic rings. The molecule has 18 heavy (non-hydrogen) atoms. The fourth-order valence-electron chi connectivity index (χ4n) is 3.98. The summed E-state index contributed by atoms with van der Waals surface area (Å²) in [5.74, 6) is 1.71. The molecule has 0 radical (unpaired) electrons. The minimum absolute atomic E-state index is 0.411. The predicted octanol–water partition coefficient (Wildman–Crippen LogP) is 3.26. The van der Waals surface area contributed by atoms with Crippen molar-refractivity contribution in [3.05, 3.63) is 0 Å². The lowest BCUT2D eigenvalue weighted by molar-refractivity contribution is 0.0339. The zero-order chi connectivity index (χ0) is 13.3. The van der Waals surface area contributed by atoms with Crippen LogP contribution < -0.4 is 5.73 Å². The van der Waals surface area contributed by atoms with Crippen molar-refractivity contribution in [1.82, 2.24) is 4.90 Å². The van der Waals surface area contributed by atoms with E-state index in [0.29, 0.717) is 17.5 Å². The van der Waals surface area contributed by atoms with Crippen LogP contribution in [-0.4, -0.2) is 30.1 Å². The average Bonchev–Trinajstić information content (AvgIpc) is 2.27. The summed E-state index contributed by atoms with van der Waals surface area (Å²) in [7, 11) is 0. The molecule has 1 aliphatic heterocycles. The molecule has 3 unspecified atom stereocenters. The van der Waals surface area contributed by atoms with E-state index in [1.165, 1.54) is 45.2 Å². The number of likely N-dealkylation sites (tertiary alicyclic amines) is 1. The van der Waals surface area contributed by atoms with Crippen molar-refractivity contribution in [2.45, 2.75) is 71.9 Å². The number of rotatable bonds is 2. The van der Waals surface area contributed by atoms with Gasteiger partial charge in [0.1, 0.15) is 0 Å². The second kappa shape index (κ2) is 5.50. The van der Waals surface area contributed by atoms with E-state index in [1.807, 2.05) is 0 Å². The molecule has 106 valence electrons.